The van der Waals surface area contributed by atoms with E-state index in [2.05, 4.69) is 31.9 Å². The number of ketones is 1. The van der Waals surface area contributed by atoms with Gasteiger partial charge in [-0.1, -0.05) is 0 Å². The molecule has 7 nitrogen and oxygen atoms in total. The first kappa shape index (κ1) is 14.4. The average Bonchev–Trinajstić information content (AvgIpc) is 3.20. The quantitative estimate of drug-likeness (QED) is 0.679. The van der Waals surface area contributed by atoms with E-state index in [1.807, 2.05) is 18.2 Å². The van der Waals surface area contributed by atoms with E-state index in [1.54, 1.807) is 6.20 Å². The van der Waals surface area contributed by atoms with Crippen LogP contribution in [0, 0.1) is 0 Å². The largest absolute Gasteiger partial charge is 0.304 e. The van der Waals surface area contributed by atoms with Crippen molar-refractivity contribution in [2.75, 3.05) is 39.8 Å². The number of pyridine rings is 2. The monoisotopic (exact) mass is 367 g/mol. The van der Waals surface area contributed by atoms with Crippen LogP contribution in [-0.2, 0) is 18.2 Å². The molecule has 3 aromatic rings. The molecule has 0 aliphatic carbocycles. The fraction of sp³-hybridized carbons (Fsp3) is 0.400. The van der Waals surface area contributed by atoms with Gasteiger partial charge in [-0.2, -0.15) is 5.10 Å². The van der Waals surface area contributed by atoms with E-state index in [0.29, 0.717) is 29.0 Å². The summed E-state index contributed by atoms with van der Waals surface area (Å²) in [5.41, 5.74) is 2.65. The van der Waals surface area contributed by atoms with Crippen LogP contribution in [0.2, 0.25) is 0 Å². The highest BCUT2D eigenvalue weighted by atomic mass is 16.1. The molecule has 27 heavy (non-hydrogen) atoms. The highest BCUT2D eigenvalue weighted by Gasteiger charge is 2.17. The summed E-state index contributed by atoms with van der Waals surface area (Å²) in [5, 5.41) is 4.77. The van der Waals surface area contributed by atoms with Gasteiger partial charge in [0.05, 0.1) is 30.4 Å². The van der Waals surface area contributed by atoms with Crippen molar-refractivity contribution >= 4 is 16.7 Å². The Labute approximate surface area is 162 Å². The summed E-state index contributed by atoms with van der Waals surface area (Å²) >= 11 is 0. The Kier molecular flexibility index (Phi) is 4.03. The molecule has 0 N–H and O–H groups in total. The molecule has 0 spiro atoms. The Balaban J connectivity index is 1.49. The third kappa shape index (κ3) is 4.20. The molecule has 140 valence electrons. The minimum absolute atomic E-state index is 0.140. The lowest BCUT2D eigenvalue weighted by Crippen LogP contribution is -2.46. The van der Waals surface area contributed by atoms with Gasteiger partial charge in [0.2, 0.25) is 0 Å². The molecule has 3 aromatic heterocycles. The Morgan fingerprint density at radius 1 is 1.22 bits per heavy atom. The van der Waals surface area contributed by atoms with E-state index in [0.717, 1.165) is 36.2 Å². The molecule has 7 heteroatoms. The first-order chi connectivity index (χ1) is 14.3. The topological polar surface area (TPSA) is 67.2 Å². The van der Waals surface area contributed by atoms with Crippen LogP contribution in [0.3, 0.4) is 0 Å². The molecule has 4 rings (SSSR count). The van der Waals surface area contributed by atoms with Crippen molar-refractivity contribution in [1.82, 2.24) is 29.5 Å². The molecule has 0 saturated carbocycles. The lowest BCUT2D eigenvalue weighted by atomic mass is 10.1. The fourth-order valence-corrected chi connectivity index (χ4v) is 3.28. The number of hydrogen-bond donors (Lipinski definition) is 0. The zero-order valence-electron chi connectivity index (χ0n) is 18.3. The first-order valence-corrected chi connectivity index (χ1v) is 9.02. The van der Waals surface area contributed by atoms with E-state index >= 15 is 0 Å². The lowest BCUT2D eigenvalue weighted by Gasteiger charge is -2.31. The number of carbonyl (C=O) groups is 1. The Bertz CT molecular complexity index is 1060. The predicted octanol–water partition coefficient (Wildman–Crippen LogP) is 1.39. The van der Waals surface area contributed by atoms with Crippen molar-refractivity contribution in [3.05, 3.63) is 42.5 Å². The molecule has 1 aliphatic heterocycles. The third-order valence-corrected chi connectivity index (χ3v) is 4.88. The molecule has 0 amide bonds. The molecule has 0 unspecified atom stereocenters. The van der Waals surface area contributed by atoms with Gasteiger partial charge in [0.1, 0.15) is 0 Å². The lowest BCUT2D eigenvalue weighted by molar-refractivity contribution is -0.120. The number of aryl methyl sites for hydroxylation is 1. The second-order valence-corrected chi connectivity index (χ2v) is 7.03. The van der Waals surface area contributed by atoms with Gasteiger partial charge in [-0.15, -0.1) is 0 Å². The standard InChI is InChI=1S/C20H24N6O/c1-24-5-7-26(8-6-24)14-18(27)9-17-10-20-15(11-21-17)3-4-19(23-20)16-12-22-25(2)13-16/h3-4,10-13H,5-9,14H2,1-2H3/i2D3. The van der Waals surface area contributed by atoms with Gasteiger partial charge in [-0.05, 0) is 25.2 Å². The summed E-state index contributed by atoms with van der Waals surface area (Å²) in [6, 6.07) is 5.52. The third-order valence-electron chi connectivity index (χ3n) is 4.88. The minimum atomic E-state index is -2.32. The maximum atomic E-state index is 12.5. The molecule has 0 radical (unpaired) electrons. The van der Waals surface area contributed by atoms with Crippen LogP contribution in [-0.4, -0.2) is 75.1 Å². The van der Waals surface area contributed by atoms with Crippen molar-refractivity contribution in [2.45, 2.75) is 6.42 Å². The number of carbonyl (C=O) groups excluding carboxylic acids is 1. The summed E-state index contributed by atoms with van der Waals surface area (Å²) in [4.78, 5) is 26.0. The van der Waals surface area contributed by atoms with Gasteiger partial charge in [-0.3, -0.25) is 19.4 Å². The normalized spacial score (nSPS) is 18.2. The zero-order valence-corrected chi connectivity index (χ0v) is 15.3. The van der Waals surface area contributed by atoms with Crippen molar-refractivity contribution in [3.63, 3.8) is 0 Å². The summed E-state index contributed by atoms with van der Waals surface area (Å²) < 4.78 is 23.3. The van der Waals surface area contributed by atoms with E-state index in [4.69, 9.17) is 4.11 Å². The van der Waals surface area contributed by atoms with E-state index in [9.17, 15) is 4.79 Å². The maximum Gasteiger partial charge on any atom is 0.152 e. The summed E-state index contributed by atoms with van der Waals surface area (Å²) in [7, 11) is 2.09. The van der Waals surface area contributed by atoms with Gasteiger partial charge in [0.25, 0.3) is 0 Å². The molecule has 0 atom stereocenters. The Hall–Kier alpha value is -2.64. The zero-order chi connectivity index (χ0) is 21.3. The number of fused-ring (bicyclic) bond motifs is 1. The molecule has 0 bridgehead atoms. The van der Waals surface area contributed by atoms with Crippen molar-refractivity contribution in [3.8, 4) is 11.3 Å². The maximum absolute atomic E-state index is 12.5. The van der Waals surface area contributed by atoms with Gasteiger partial charge < -0.3 is 4.90 Å². The van der Waals surface area contributed by atoms with Crippen LogP contribution in [0.25, 0.3) is 22.2 Å². The number of likely N-dealkylation sites (N-methyl/N-ethyl adjacent to an activating group) is 1. The SMILES string of the molecule is [2H]C([2H])([2H])n1cc(-c2ccc3cnc(CC(=O)CN4CCN(C)CC4)cc3n2)cn1. The average molecular weight is 367 g/mol. The summed E-state index contributed by atoms with van der Waals surface area (Å²) in [6.07, 6.45) is 4.94. The predicted molar refractivity (Wildman–Crippen MR) is 104 cm³/mol. The number of Topliss-reactive ketones (excluding diaryl/α,β-unsaturated/α-hetero) is 1. The number of nitrogens with zero attached hydrogens (tertiary/aromatic N) is 6. The van der Waals surface area contributed by atoms with Crippen LogP contribution in [0.5, 0.6) is 0 Å². The minimum Gasteiger partial charge on any atom is -0.304 e. The Morgan fingerprint density at radius 3 is 2.85 bits per heavy atom. The summed E-state index contributed by atoms with van der Waals surface area (Å²) in [6.45, 7) is 1.88. The van der Waals surface area contributed by atoms with E-state index in [-0.39, 0.29) is 12.2 Å². The molecular weight excluding hydrogens is 340 g/mol. The highest BCUT2D eigenvalue weighted by molar-refractivity contribution is 5.85. The van der Waals surface area contributed by atoms with Crippen molar-refractivity contribution in [1.29, 1.82) is 0 Å². The Morgan fingerprint density at radius 2 is 2.07 bits per heavy atom. The van der Waals surface area contributed by atoms with Crippen LogP contribution in [0.4, 0.5) is 0 Å². The van der Waals surface area contributed by atoms with Gasteiger partial charge in [-0.25, -0.2) is 4.98 Å². The number of aromatic nitrogens is 4. The molecule has 1 saturated heterocycles. The molecule has 0 aromatic carbocycles. The van der Waals surface area contributed by atoms with Crippen LogP contribution in [0.1, 0.15) is 9.81 Å². The molecule has 1 fully saturated rings. The van der Waals surface area contributed by atoms with Crippen LogP contribution in [0.15, 0.2) is 36.8 Å². The number of rotatable bonds is 5. The first-order valence-electron chi connectivity index (χ1n) is 10.5. The molecule has 4 heterocycles. The van der Waals surface area contributed by atoms with Crippen molar-refractivity contribution < 1.29 is 8.91 Å². The van der Waals surface area contributed by atoms with Crippen LogP contribution < -0.4 is 0 Å². The van der Waals surface area contributed by atoms with Crippen molar-refractivity contribution in [2.24, 2.45) is 6.98 Å². The second kappa shape index (κ2) is 7.54. The number of hydrogen-bond acceptors (Lipinski definition) is 6. The molecular formula is C20H24N6O. The second-order valence-electron chi connectivity index (χ2n) is 7.03. The van der Waals surface area contributed by atoms with Gasteiger partial charge in [0, 0.05) is 66.3 Å². The fourth-order valence-electron chi connectivity index (χ4n) is 3.28. The van der Waals surface area contributed by atoms with Gasteiger partial charge >= 0.3 is 0 Å². The van der Waals surface area contributed by atoms with E-state index < -0.39 is 6.98 Å². The highest BCUT2D eigenvalue weighted by Crippen LogP contribution is 2.20. The summed E-state index contributed by atoms with van der Waals surface area (Å²) in [5.74, 6) is 0.140. The van der Waals surface area contributed by atoms with Crippen LogP contribution >= 0.6 is 0 Å². The smallest absolute Gasteiger partial charge is 0.152 e. The van der Waals surface area contributed by atoms with Gasteiger partial charge in [0.15, 0.2) is 5.78 Å². The number of piperazine rings is 1. The molecule has 1 aliphatic rings. The van der Waals surface area contributed by atoms with E-state index in [1.165, 1.54) is 12.4 Å².